The highest BCUT2D eigenvalue weighted by atomic mass is 16.5. The lowest BCUT2D eigenvalue weighted by atomic mass is 10.1. The van der Waals surface area contributed by atoms with Crippen LogP contribution in [0.1, 0.15) is 20.3 Å². The Labute approximate surface area is 169 Å². The van der Waals surface area contributed by atoms with Gasteiger partial charge in [-0.15, -0.1) is 0 Å². The normalized spacial score (nSPS) is 14.9. The van der Waals surface area contributed by atoms with E-state index in [2.05, 4.69) is 15.5 Å². The topological polar surface area (TPSA) is 80.5 Å². The second-order valence-electron chi connectivity index (χ2n) is 7.19. The average molecular weight is 392 g/mol. The molecular formula is C22H24N4O3. The predicted octanol–water partition coefficient (Wildman–Crippen LogP) is 3.97. The zero-order valence-electron chi connectivity index (χ0n) is 16.5. The number of nitrogens with one attached hydrogen (secondary N) is 1. The molecule has 0 aliphatic carbocycles. The third kappa shape index (κ3) is 4.23. The molecule has 4 rings (SSSR count). The highest BCUT2D eigenvalue weighted by Gasteiger charge is 2.33. The summed E-state index contributed by atoms with van der Waals surface area (Å²) in [5.41, 5.74) is 1.63. The van der Waals surface area contributed by atoms with E-state index in [1.165, 1.54) is 0 Å². The monoisotopic (exact) mass is 392 g/mol. The van der Waals surface area contributed by atoms with Crippen molar-refractivity contribution in [3.05, 3.63) is 54.6 Å². The van der Waals surface area contributed by atoms with Crippen LogP contribution in [-0.4, -0.2) is 46.3 Å². The molecule has 0 bridgehead atoms. The second-order valence-corrected chi connectivity index (χ2v) is 7.19. The zero-order valence-corrected chi connectivity index (χ0v) is 16.5. The van der Waals surface area contributed by atoms with Crippen molar-refractivity contribution in [2.45, 2.75) is 32.4 Å². The lowest BCUT2D eigenvalue weighted by Crippen LogP contribution is -2.59. The van der Waals surface area contributed by atoms with Crippen LogP contribution in [-0.2, 0) is 0 Å². The number of urea groups is 1. The van der Waals surface area contributed by atoms with Gasteiger partial charge in [-0.05, 0) is 25.5 Å². The number of nitrogens with zero attached hydrogens (tertiary/aromatic N) is 3. The molecule has 1 aliphatic rings. The van der Waals surface area contributed by atoms with Crippen molar-refractivity contribution in [2.24, 2.45) is 0 Å². The van der Waals surface area contributed by atoms with Crippen LogP contribution < -0.4 is 10.1 Å². The summed E-state index contributed by atoms with van der Waals surface area (Å²) in [6.45, 7) is 5.14. The molecule has 0 spiro atoms. The van der Waals surface area contributed by atoms with Crippen LogP contribution in [0.3, 0.4) is 0 Å². The summed E-state index contributed by atoms with van der Waals surface area (Å²) >= 11 is 0. The molecule has 1 atom stereocenters. The lowest BCUT2D eigenvalue weighted by molar-refractivity contribution is 0.0438. The smallest absolute Gasteiger partial charge is 0.317 e. The first-order chi connectivity index (χ1) is 14.1. The number of rotatable bonds is 6. The lowest BCUT2D eigenvalue weighted by Gasteiger charge is -2.39. The molecule has 1 aromatic heterocycles. The van der Waals surface area contributed by atoms with E-state index in [-0.39, 0.29) is 18.2 Å². The Morgan fingerprint density at radius 1 is 1.21 bits per heavy atom. The van der Waals surface area contributed by atoms with Crippen LogP contribution in [0.5, 0.6) is 5.75 Å². The van der Waals surface area contributed by atoms with Gasteiger partial charge in [0.15, 0.2) is 0 Å². The van der Waals surface area contributed by atoms with E-state index >= 15 is 0 Å². The van der Waals surface area contributed by atoms with E-state index in [1.807, 2.05) is 68.4 Å². The fourth-order valence-electron chi connectivity index (χ4n) is 3.05. The second kappa shape index (κ2) is 8.34. The Kier molecular flexibility index (Phi) is 5.46. The Bertz CT molecular complexity index is 967. The number of hydrogen-bond acceptors (Lipinski definition) is 5. The summed E-state index contributed by atoms with van der Waals surface area (Å²) in [6.07, 6.45) is 0.845. The highest BCUT2D eigenvalue weighted by Crippen LogP contribution is 2.31. The molecule has 1 saturated heterocycles. The number of ether oxygens (including phenoxy) is 1. The SMILES string of the molecule is CCC(C)NC(=O)N1CC(Oc2ccccc2-c2nc(-c3ccccc3)no2)C1. The van der Waals surface area contributed by atoms with Crippen molar-refractivity contribution in [2.75, 3.05) is 13.1 Å². The van der Waals surface area contributed by atoms with Crippen molar-refractivity contribution in [1.29, 1.82) is 0 Å². The summed E-state index contributed by atoms with van der Waals surface area (Å²) in [5.74, 6) is 1.61. The minimum Gasteiger partial charge on any atom is -0.486 e. The maximum Gasteiger partial charge on any atom is 0.317 e. The number of aromatic nitrogens is 2. The van der Waals surface area contributed by atoms with Crippen molar-refractivity contribution < 1.29 is 14.1 Å². The quantitative estimate of drug-likeness (QED) is 0.686. The Hall–Kier alpha value is -3.35. The average Bonchev–Trinajstić information content (AvgIpc) is 3.21. The Morgan fingerprint density at radius 3 is 2.69 bits per heavy atom. The number of likely N-dealkylation sites (tertiary alicyclic amines) is 1. The molecule has 150 valence electrons. The van der Waals surface area contributed by atoms with Crippen LogP contribution in [0.25, 0.3) is 22.8 Å². The van der Waals surface area contributed by atoms with Gasteiger partial charge >= 0.3 is 6.03 Å². The third-order valence-corrected chi connectivity index (χ3v) is 4.99. The van der Waals surface area contributed by atoms with Gasteiger partial charge in [-0.2, -0.15) is 4.98 Å². The summed E-state index contributed by atoms with van der Waals surface area (Å²) < 4.78 is 11.6. The van der Waals surface area contributed by atoms with Crippen LogP contribution in [0.2, 0.25) is 0 Å². The van der Waals surface area contributed by atoms with E-state index in [4.69, 9.17) is 9.26 Å². The van der Waals surface area contributed by atoms with Crippen molar-refractivity contribution in [3.63, 3.8) is 0 Å². The number of para-hydroxylation sites is 1. The van der Waals surface area contributed by atoms with Gasteiger partial charge in [0.25, 0.3) is 5.89 Å². The van der Waals surface area contributed by atoms with E-state index in [0.717, 1.165) is 17.5 Å². The first-order valence-electron chi connectivity index (χ1n) is 9.84. The molecule has 7 heteroatoms. The maximum absolute atomic E-state index is 12.1. The fraction of sp³-hybridized carbons (Fsp3) is 0.318. The van der Waals surface area contributed by atoms with Gasteiger partial charge in [0.05, 0.1) is 18.7 Å². The van der Waals surface area contributed by atoms with Crippen LogP contribution in [0.4, 0.5) is 4.79 Å². The molecule has 1 aliphatic heterocycles. The van der Waals surface area contributed by atoms with Gasteiger partial charge in [-0.1, -0.05) is 54.5 Å². The molecule has 1 N–H and O–H groups in total. The minimum absolute atomic E-state index is 0.0445. The third-order valence-electron chi connectivity index (χ3n) is 4.99. The van der Waals surface area contributed by atoms with Gasteiger partial charge in [0.2, 0.25) is 5.82 Å². The summed E-state index contributed by atoms with van der Waals surface area (Å²) in [4.78, 5) is 18.4. The molecular weight excluding hydrogens is 368 g/mol. The van der Waals surface area contributed by atoms with E-state index in [1.54, 1.807) is 4.90 Å². The van der Waals surface area contributed by atoms with E-state index < -0.39 is 0 Å². The standard InChI is InChI=1S/C22H24N4O3/c1-3-15(2)23-22(27)26-13-17(14-26)28-19-12-8-7-11-18(19)21-24-20(25-29-21)16-9-5-4-6-10-16/h4-12,15,17H,3,13-14H2,1-2H3,(H,23,27). The fourth-order valence-corrected chi connectivity index (χ4v) is 3.05. The number of benzene rings is 2. The van der Waals surface area contributed by atoms with E-state index in [9.17, 15) is 4.79 Å². The van der Waals surface area contributed by atoms with Crippen LogP contribution in [0.15, 0.2) is 59.1 Å². The zero-order chi connectivity index (χ0) is 20.2. The van der Waals surface area contributed by atoms with Crippen molar-refractivity contribution in [1.82, 2.24) is 20.4 Å². The van der Waals surface area contributed by atoms with Crippen LogP contribution >= 0.6 is 0 Å². The summed E-state index contributed by atoms with van der Waals surface area (Å²) in [6, 6.07) is 17.4. The van der Waals surface area contributed by atoms with Crippen molar-refractivity contribution in [3.8, 4) is 28.6 Å². The summed E-state index contributed by atoms with van der Waals surface area (Å²) in [7, 11) is 0. The molecule has 1 fully saturated rings. The molecule has 0 saturated carbocycles. The number of hydrogen-bond donors (Lipinski definition) is 1. The van der Waals surface area contributed by atoms with Crippen molar-refractivity contribution >= 4 is 6.03 Å². The van der Waals surface area contributed by atoms with Gasteiger partial charge in [0.1, 0.15) is 11.9 Å². The van der Waals surface area contributed by atoms with E-state index in [0.29, 0.717) is 30.6 Å². The first kappa shape index (κ1) is 19.0. The molecule has 29 heavy (non-hydrogen) atoms. The largest absolute Gasteiger partial charge is 0.486 e. The van der Waals surface area contributed by atoms with Gasteiger partial charge in [-0.25, -0.2) is 4.79 Å². The van der Waals surface area contributed by atoms with Crippen LogP contribution in [0, 0.1) is 0 Å². The molecule has 1 unspecified atom stereocenters. The molecule has 2 amide bonds. The number of amides is 2. The molecule has 2 aromatic carbocycles. The van der Waals surface area contributed by atoms with Gasteiger partial charge < -0.3 is 19.5 Å². The highest BCUT2D eigenvalue weighted by molar-refractivity contribution is 5.75. The number of carbonyl (C=O) groups excluding carboxylic acids is 1. The summed E-state index contributed by atoms with van der Waals surface area (Å²) in [5, 5.41) is 7.05. The minimum atomic E-state index is -0.0599. The Morgan fingerprint density at radius 2 is 1.93 bits per heavy atom. The first-order valence-corrected chi connectivity index (χ1v) is 9.84. The molecule has 7 nitrogen and oxygen atoms in total. The predicted molar refractivity (Wildman–Crippen MR) is 109 cm³/mol. The Balaban J connectivity index is 1.43. The molecule has 0 radical (unpaired) electrons. The molecule has 3 aromatic rings. The van der Waals surface area contributed by atoms with Gasteiger partial charge in [0, 0.05) is 11.6 Å². The molecule has 2 heterocycles. The maximum atomic E-state index is 12.1. The number of carbonyl (C=O) groups is 1. The van der Waals surface area contributed by atoms with Gasteiger partial charge in [-0.3, -0.25) is 0 Å².